The van der Waals surface area contributed by atoms with E-state index in [1.54, 1.807) is 11.8 Å². The first-order valence-electron chi connectivity index (χ1n) is 10.2. The van der Waals surface area contributed by atoms with Gasteiger partial charge in [-0.05, 0) is 76.3 Å². The van der Waals surface area contributed by atoms with Gasteiger partial charge in [0.05, 0.1) is 0 Å². The zero-order valence-corrected chi connectivity index (χ0v) is 17.6. The minimum absolute atomic E-state index is 0.307. The van der Waals surface area contributed by atoms with Gasteiger partial charge < -0.3 is 20.1 Å². The zero-order valence-electron chi connectivity index (χ0n) is 16.8. The fourth-order valence-electron chi connectivity index (χ4n) is 4.45. The lowest BCUT2D eigenvalue weighted by molar-refractivity contribution is -0.149. The first-order chi connectivity index (χ1) is 13.7. The summed E-state index contributed by atoms with van der Waals surface area (Å²) in [6, 6.07) is 17.2. The van der Waals surface area contributed by atoms with Crippen molar-refractivity contribution in [3.05, 3.63) is 54.1 Å². The van der Waals surface area contributed by atoms with Crippen molar-refractivity contribution in [2.24, 2.45) is 11.7 Å². The van der Waals surface area contributed by atoms with Crippen LogP contribution in [0.25, 0.3) is 0 Å². The summed E-state index contributed by atoms with van der Waals surface area (Å²) >= 11 is 1.75. The molecule has 0 saturated carbocycles. The Hall–Kier alpha value is -1.69. The molecule has 2 aromatic rings. The van der Waals surface area contributed by atoms with E-state index in [4.69, 9.17) is 15.2 Å². The van der Waals surface area contributed by atoms with Gasteiger partial charge in [0.1, 0.15) is 0 Å². The smallest absolute Gasteiger partial charge is 0.281 e. The van der Waals surface area contributed by atoms with Crippen molar-refractivity contribution in [2.75, 3.05) is 25.9 Å². The van der Waals surface area contributed by atoms with Gasteiger partial charge in [0.2, 0.25) is 0 Å². The predicted molar refractivity (Wildman–Crippen MR) is 115 cm³/mol. The molecule has 0 bridgehead atoms. The molecule has 28 heavy (non-hydrogen) atoms. The van der Waals surface area contributed by atoms with Gasteiger partial charge in [-0.25, -0.2) is 0 Å². The number of likely N-dealkylation sites (tertiary alicyclic amines) is 1. The number of hydrogen-bond acceptors (Lipinski definition) is 5. The molecular formula is C23H30N2O2S. The summed E-state index contributed by atoms with van der Waals surface area (Å²) in [6.07, 6.45) is 5.24. The highest BCUT2D eigenvalue weighted by molar-refractivity contribution is 7.98. The van der Waals surface area contributed by atoms with Crippen molar-refractivity contribution in [1.29, 1.82) is 0 Å². The number of rotatable bonds is 6. The van der Waals surface area contributed by atoms with Crippen LogP contribution in [0, 0.1) is 5.92 Å². The lowest BCUT2D eigenvalue weighted by atomic mass is 9.83. The Kier molecular flexibility index (Phi) is 5.85. The molecule has 5 heteroatoms. The highest BCUT2D eigenvalue weighted by Crippen LogP contribution is 2.50. The van der Waals surface area contributed by atoms with E-state index in [9.17, 15) is 0 Å². The Labute approximate surface area is 172 Å². The third kappa shape index (κ3) is 3.63. The maximum atomic E-state index is 6.57. The van der Waals surface area contributed by atoms with E-state index >= 15 is 0 Å². The van der Waals surface area contributed by atoms with Crippen LogP contribution >= 0.6 is 11.8 Å². The normalized spacial score (nSPS) is 20.2. The van der Waals surface area contributed by atoms with Gasteiger partial charge in [0.25, 0.3) is 5.79 Å². The van der Waals surface area contributed by atoms with Crippen LogP contribution in [0.15, 0.2) is 53.4 Å². The summed E-state index contributed by atoms with van der Waals surface area (Å²) in [4.78, 5) is 3.80. The molecular weight excluding hydrogens is 368 g/mol. The molecule has 2 N–H and O–H groups in total. The summed E-state index contributed by atoms with van der Waals surface area (Å²) in [5.41, 5.74) is 6.87. The fraction of sp³-hybridized carbons (Fsp3) is 0.478. The molecule has 0 amide bonds. The molecule has 1 unspecified atom stereocenters. The Morgan fingerprint density at radius 2 is 1.68 bits per heavy atom. The van der Waals surface area contributed by atoms with Crippen molar-refractivity contribution in [1.82, 2.24) is 4.90 Å². The number of hydrogen-bond donors (Lipinski definition) is 1. The van der Waals surface area contributed by atoms with Gasteiger partial charge in [-0.15, -0.1) is 11.8 Å². The van der Waals surface area contributed by atoms with Gasteiger partial charge >= 0.3 is 0 Å². The standard InChI is InChI=1S/C23H30N2O2S/c1-17(11-14-24)25-15-12-19(13-16-25)23(18-7-9-20(28-2)10-8-18)26-21-5-3-4-6-22(21)27-23/h3-10,17,19H,11-16,24H2,1-2H3. The molecule has 2 aliphatic heterocycles. The average Bonchev–Trinajstić information content (AvgIpc) is 3.15. The molecule has 2 heterocycles. The van der Waals surface area contributed by atoms with Crippen LogP contribution in [0.1, 0.15) is 31.7 Å². The molecule has 0 radical (unpaired) electrons. The first kappa shape index (κ1) is 19.6. The van der Waals surface area contributed by atoms with E-state index in [0.717, 1.165) is 56.0 Å². The number of piperidine rings is 1. The molecule has 4 nitrogen and oxygen atoms in total. The second kappa shape index (κ2) is 8.36. The lowest BCUT2D eigenvalue weighted by Gasteiger charge is -2.42. The SMILES string of the molecule is CSc1ccc(C2(C3CCN(C(C)CCN)CC3)Oc3ccccc3O2)cc1. The minimum Gasteiger partial charge on any atom is -0.444 e. The van der Waals surface area contributed by atoms with Crippen LogP contribution in [0.4, 0.5) is 0 Å². The maximum absolute atomic E-state index is 6.57. The summed E-state index contributed by atoms with van der Waals surface area (Å²) < 4.78 is 13.1. The minimum atomic E-state index is -0.732. The molecule has 0 aromatic heterocycles. The second-order valence-electron chi connectivity index (χ2n) is 7.78. The number of ether oxygens (including phenoxy) is 2. The van der Waals surface area contributed by atoms with Gasteiger partial charge in [-0.2, -0.15) is 0 Å². The van der Waals surface area contributed by atoms with E-state index in [2.05, 4.69) is 42.3 Å². The monoisotopic (exact) mass is 398 g/mol. The number of nitrogens with zero attached hydrogens (tertiary/aromatic N) is 1. The fourth-order valence-corrected chi connectivity index (χ4v) is 4.86. The molecule has 1 saturated heterocycles. The van der Waals surface area contributed by atoms with Crippen LogP contribution in [0.5, 0.6) is 11.5 Å². The summed E-state index contributed by atoms with van der Waals surface area (Å²) in [5.74, 6) is 1.26. The van der Waals surface area contributed by atoms with E-state index in [1.165, 1.54) is 4.90 Å². The molecule has 0 spiro atoms. The number of nitrogens with two attached hydrogens (primary N) is 1. The first-order valence-corrected chi connectivity index (χ1v) is 11.4. The highest BCUT2D eigenvalue weighted by atomic mass is 32.2. The van der Waals surface area contributed by atoms with Crippen molar-refractivity contribution >= 4 is 11.8 Å². The molecule has 1 atom stereocenters. The quantitative estimate of drug-likeness (QED) is 0.727. The number of thioether (sulfide) groups is 1. The third-order valence-corrected chi connectivity index (χ3v) is 6.88. The van der Waals surface area contributed by atoms with E-state index < -0.39 is 5.79 Å². The average molecular weight is 399 g/mol. The van der Waals surface area contributed by atoms with Crippen LogP contribution in [-0.4, -0.2) is 36.8 Å². The third-order valence-electron chi connectivity index (χ3n) is 6.14. The van der Waals surface area contributed by atoms with Crippen LogP contribution in [0.2, 0.25) is 0 Å². The molecule has 0 aliphatic carbocycles. The molecule has 2 aromatic carbocycles. The van der Waals surface area contributed by atoms with Gasteiger partial charge in [-0.1, -0.05) is 24.3 Å². The van der Waals surface area contributed by atoms with Crippen molar-refractivity contribution < 1.29 is 9.47 Å². The molecule has 1 fully saturated rings. The summed E-state index contributed by atoms with van der Waals surface area (Å²) in [7, 11) is 0. The number of para-hydroxylation sites is 2. The highest BCUT2D eigenvalue weighted by Gasteiger charge is 2.50. The largest absolute Gasteiger partial charge is 0.444 e. The Morgan fingerprint density at radius 1 is 1.07 bits per heavy atom. The Bertz CT molecular complexity index is 762. The number of benzene rings is 2. The van der Waals surface area contributed by atoms with Crippen LogP contribution < -0.4 is 15.2 Å². The lowest BCUT2D eigenvalue weighted by Crippen LogP contribution is -2.50. The molecule has 2 aliphatic rings. The topological polar surface area (TPSA) is 47.7 Å². The maximum Gasteiger partial charge on any atom is 0.281 e. The van der Waals surface area contributed by atoms with Gasteiger partial charge in [0.15, 0.2) is 11.5 Å². The Balaban J connectivity index is 1.60. The van der Waals surface area contributed by atoms with E-state index in [-0.39, 0.29) is 0 Å². The van der Waals surface area contributed by atoms with E-state index in [0.29, 0.717) is 12.0 Å². The summed E-state index contributed by atoms with van der Waals surface area (Å²) in [6.45, 7) is 5.13. The Morgan fingerprint density at radius 3 is 2.21 bits per heavy atom. The molecule has 150 valence electrons. The second-order valence-corrected chi connectivity index (χ2v) is 8.66. The van der Waals surface area contributed by atoms with Crippen molar-refractivity contribution in [3.63, 3.8) is 0 Å². The van der Waals surface area contributed by atoms with Crippen LogP contribution in [0.3, 0.4) is 0 Å². The van der Waals surface area contributed by atoms with E-state index in [1.807, 2.05) is 24.3 Å². The van der Waals surface area contributed by atoms with Crippen molar-refractivity contribution in [2.45, 2.75) is 42.9 Å². The van der Waals surface area contributed by atoms with Gasteiger partial charge in [-0.3, -0.25) is 0 Å². The van der Waals surface area contributed by atoms with Gasteiger partial charge in [0, 0.05) is 22.4 Å². The molecule has 4 rings (SSSR count). The summed E-state index contributed by atoms with van der Waals surface area (Å²) in [5, 5.41) is 0. The van der Waals surface area contributed by atoms with Crippen LogP contribution in [-0.2, 0) is 5.79 Å². The zero-order chi connectivity index (χ0) is 19.6. The number of fused-ring (bicyclic) bond motifs is 1. The van der Waals surface area contributed by atoms with Crippen molar-refractivity contribution in [3.8, 4) is 11.5 Å². The predicted octanol–water partition coefficient (Wildman–Crippen LogP) is 4.48.